The summed E-state index contributed by atoms with van der Waals surface area (Å²) in [6.07, 6.45) is 0.230. The minimum atomic E-state index is -0.212. The van der Waals surface area contributed by atoms with E-state index < -0.39 is 0 Å². The number of hydroxylamine groups is 1. The Balaban J connectivity index is 2.63. The maximum atomic E-state index is 11.1. The molecule has 13 heavy (non-hydrogen) atoms. The Morgan fingerprint density at radius 1 is 1.54 bits per heavy atom. The van der Waals surface area contributed by atoms with Crippen molar-refractivity contribution in [2.45, 2.75) is 6.42 Å². The van der Waals surface area contributed by atoms with E-state index >= 15 is 0 Å². The van der Waals surface area contributed by atoms with E-state index in [9.17, 15) is 4.79 Å². The van der Waals surface area contributed by atoms with Gasteiger partial charge in [-0.05, 0) is 11.6 Å². The van der Waals surface area contributed by atoms with Gasteiger partial charge < -0.3 is 0 Å². The minimum Gasteiger partial charge on any atom is -0.277 e. The molecule has 1 N–H and O–H groups in total. The van der Waals surface area contributed by atoms with Crippen molar-refractivity contribution in [1.82, 2.24) is 5.48 Å². The highest BCUT2D eigenvalue weighted by atomic mass is 35.5. The third-order valence-electron chi connectivity index (χ3n) is 1.52. The topological polar surface area (TPSA) is 38.3 Å². The fraction of sp³-hybridized carbons (Fsp3) is 0.222. The molecule has 0 spiro atoms. The Labute approximate surface area is 81.6 Å². The van der Waals surface area contributed by atoms with Crippen LogP contribution in [-0.4, -0.2) is 13.0 Å². The van der Waals surface area contributed by atoms with E-state index in [2.05, 4.69) is 10.3 Å². The zero-order chi connectivity index (χ0) is 9.68. The zero-order valence-electron chi connectivity index (χ0n) is 7.21. The minimum absolute atomic E-state index is 0.212. The third kappa shape index (κ3) is 3.05. The predicted octanol–water partition coefficient (Wildman–Crippen LogP) is 1.56. The second-order valence-corrected chi connectivity index (χ2v) is 2.90. The van der Waals surface area contributed by atoms with Gasteiger partial charge in [0.15, 0.2) is 0 Å². The second-order valence-electron chi connectivity index (χ2n) is 2.50. The third-order valence-corrected chi connectivity index (χ3v) is 1.89. The molecule has 1 aromatic carbocycles. The summed E-state index contributed by atoms with van der Waals surface area (Å²) in [5.74, 6) is -0.212. The quantitative estimate of drug-likeness (QED) is 0.751. The lowest BCUT2D eigenvalue weighted by Crippen LogP contribution is -2.23. The van der Waals surface area contributed by atoms with Gasteiger partial charge in [0.1, 0.15) is 0 Å². The van der Waals surface area contributed by atoms with E-state index in [-0.39, 0.29) is 12.3 Å². The van der Waals surface area contributed by atoms with Gasteiger partial charge in [-0.1, -0.05) is 29.8 Å². The molecule has 3 nitrogen and oxygen atoms in total. The number of carbonyl (C=O) groups excluding carboxylic acids is 1. The maximum absolute atomic E-state index is 11.1. The van der Waals surface area contributed by atoms with Crippen LogP contribution in [0.2, 0.25) is 5.02 Å². The van der Waals surface area contributed by atoms with Crippen LogP contribution in [0.1, 0.15) is 5.56 Å². The van der Waals surface area contributed by atoms with Crippen molar-refractivity contribution >= 4 is 17.5 Å². The van der Waals surface area contributed by atoms with Crippen LogP contribution in [-0.2, 0) is 16.1 Å². The summed E-state index contributed by atoms with van der Waals surface area (Å²) < 4.78 is 0. The smallest absolute Gasteiger partial charge is 0.247 e. The average Bonchev–Trinajstić information content (AvgIpc) is 2.09. The van der Waals surface area contributed by atoms with E-state index in [1.807, 2.05) is 12.1 Å². The van der Waals surface area contributed by atoms with E-state index in [0.717, 1.165) is 5.56 Å². The van der Waals surface area contributed by atoms with Crippen LogP contribution in [0.5, 0.6) is 0 Å². The van der Waals surface area contributed by atoms with E-state index in [1.165, 1.54) is 7.11 Å². The molecule has 0 saturated heterocycles. The predicted molar refractivity (Wildman–Crippen MR) is 50.3 cm³/mol. The highest BCUT2D eigenvalue weighted by Crippen LogP contribution is 2.14. The Morgan fingerprint density at radius 2 is 2.23 bits per heavy atom. The average molecular weight is 200 g/mol. The van der Waals surface area contributed by atoms with Crippen LogP contribution >= 0.6 is 11.6 Å². The number of amides is 1. The molecular formula is C9H10ClNO2. The summed E-state index contributed by atoms with van der Waals surface area (Å²) in [5, 5.41) is 0.591. The number of hydrogen-bond donors (Lipinski definition) is 1. The van der Waals surface area contributed by atoms with Gasteiger partial charge in [0.25, 0.3) is 0 Å². The highest BCUT2D eigenvalue weighted by Gasteiger charge is 2.04. The lowest BCUT2D eigenvalue weighted by atomic mass is 10.1. The van der Waals surface area contributed by atoms with Crippen molar-refractivity contribution in [2.24, 2.45) is 0 Å². The first kappa shape index (κ1) is 10.0. The fourth-order valence-corrected chi connectivity index (χ4v) is 1.17. The first-order valence-corrected chi connectivity index (χ1v) is 4.17. The van der Waals surface area contributed by atoms with Crippen molar-refractivity contribution in [1.29, 1.82) is 0 Å². The van der Waals surface area contributed by atoms with Gasteiger partial charge in [0.05, 0.1) is 13.5 Å². The first-order chi connectivity index (χ1) is 6.24. The van der Waals surface area contributed by atoms with Gasteiger partial charge in [-0.3, -0.25) is 9.63 Å². The molecule has 0 aliphatic heterocycles. The summed E-state index contributed by atoms with van der Waals surface area (Å²) in [6, 6.07) is 7.20. The first-order valence-electron chi connectivity index (χ1n) is 3.79. The number of nitrogens with one attached hydrogen (secondary N) is 1. The number of benzene rings is 1. The molecule has 4 heteroatoms. The van der Waals surface area contributed by atoms with Crippen molar-refractivity contribution < 1.29 is 9.63 Å². The highest BCUT2D eigenvalue weighted by molar-refractivity contribution is 6.31. The number of carbonyl (C=O) groups is 1. The standard InChI is InChI=1S/C9H10ClNO2/c1-13-11-9(12)6-7-4-2-3-5-8(7)10/h2-5H,6H2,1H3,(H,11,12). The monoisotopic (exact) mass is 199 g/mol. The van der Waals surface area contributed by atoms with Gasteiger partial charge in [0.2, 0.25) is 5.91 Å². The van der Waals surface area contributed by atoms with Crippen molar-refractivity contribution in [3.8, 4) is 0 Å². The SMILES string of the molecule is CONC(=O)Cc1ccccc1Cl. The molecule has 0 heterocycles. The summed E-state index contributed by atoms with van der Waals surface area (Å²) in [7, 11) is 1.39. The molecule has 1 rings (SSSR count). The molecule has 0 saturated carbocycles. The molecule has 0 radical (unpaired) electrons. The molecule has 1 aromatic rings. The number of halogens is 1. The Kier molecular flexibility index (Phi) is 3.73. The molecule has 0 fully saturated rings. The summed E-state index contributed by atoms with van der Waals surface area (Å²) in [6.45, 7) is 0. The lowest BCUT2D eigenvalue weighted by Gasteiger charge is -2.03. The lowest BCUT2D eigenvalue weighted by molar-refractivity contribution is -0.130. The van der Waals surface area contributed by atoms with Crippen LogP contribution in [0, 0.1) is 0 Å². The van der Waals surface area contributed by atoms with Gasteiger partial charge in [-0.2, -0.15) is 0 Å². The summed E-state index contributed by atoms with van der Waals surface area (Å²) in [4.78, 5) is 15.5. The van der Waals surface area contributed by atoms with Crippen LogP contribution < -0.4 is 5.48 Å². The normalized spacial score (nSPS) is 9.69. The summed E-state index contributed by atoms with van der Waals surface area (Å²) in [5.41, 5.74) is 3.01. The van der Waals surface area contributed by atoms with Gasteiger partial charge >= 0.3 is 0 Å². The van der Waals surface area contributed by atoms with Crippen LogP contribution in [0.4, 0.5) is 0 Å². The van der Waals surface area contributed by atoms with Crippen LogP contribution in [0.3, 0.4) is 0 Å². The Morgan fingerprint density at radius 3 is 2.85 bits per heavy atom. The zero-order valence-corrected chi connectivity index (χ0v) is 7.97. The molecule has 70 valence electrons. The Hall–Kier alpha value is -1.06. The van der Waals surface area contributed by atoms with Crippen molar-refractivity contribution in [2.75, 3.05) is 7.11 Å². The van der Waals surface area contributed by atoms with Gasteiger partial charge in [-0.15, -0.1) is 0 Å². The van der Waals surface area contributed by atoms with Gasteiger partial charge in [-0.25, -0.2) is 5.48 Å². The second kappa shape index (κ2) is 4.84. The molecule has 0 aromatic heterocycles. The maximum Gasteiger partial charge on any atom is 0.247 e. The van der Waals surface area contributed by atoms with E-state index in [4.69, 9.17) is 11.6 Å². The molecule has 0 atom stereocenters. The molecule has 0 bridgehead atoms. The molecular weight excluding hydrogens is 190 g/mol. The number of hydrogen-bond acceptors (Lipinski definition) is 2. The van der Waals surface area contributed by atoms with Gasteiger partial charge in [0, 0.05) is 5.02 Å². The van der Waals surface area contributed by atoms with Crippen LogP contribution in [0.25, 0.3) is 0 Å². The van der Waals surface area contributed by atoms with E-state index in [0.29, 0.717) is 5.02 Å². The van der Waals surface area contributed by atoms with Crippen molar-refractivity contribution in [3.63, 3.8) is 0 Å². The Bertz CT molecular complexity index is 301. The van der Waals surface area contributed by atoms with E-state index in [1.54, 1.807) is 12.1 Å². The van der Waals surface area contributed by atoms with Crippen LogP contribution in [0.15, 0.2) is 24.3 Å². The molecule has 0 aliphatic carbocycles. The molecule has 1 amide bonds. The largest absolute Gasteiger partial charge is 0.277 e. The van der Waals surface area contributed by atoms with Crippen molar-refractivity contribution in [3.05, 3.63) is 34.9 Å². The summed E-state index contributed by atoms with van der Waals surface area (Å²) >= 11 is 5.85. The molecule has 0 unspecified atom stereocenters. The number of rotatable bonds is 3. The molecule has 0 aliphatic rings. The fourth-order valence-electron chi connectivity index (χ4n) is 0.965.